The van der Waals surface area contributed by atoms with Gasteiger partial charge < -0.3 is 18.6 Å². The van der Waals surface area contributed by atoms with Crippen LogP contribution in [0.2, 0.25) is 0 Å². The molecule has 0 saturated carbocycles. The fourth-order valence-corrected chi connectivity index (χ4v) is 3.89. The molecule has 2 heterocycles. The van der Waals surface area contributed by atoms with Crippen LogP contribution in [0.4, 0.5) is 13.2 Å². The first-order valence-corrected chi connectivity index (χ1v) is 13.2. The van der Waals surface area contributed by atoms with Crippen molar-refractivity contribution in [2.24, 2.45) is 5.92 Å². The van der Waals surface area contributed by atoms with Gasteiger partial charge in [0.25, 0.3) is 0 Å². The Balaban J connectivity index is 1.37. The zero-order valence-electron chi connectivity index (χ0n) is 22.2. The van der Waals surface area contributed by atoms with Crippen molar-refractivity contribution >= 4 is 16.9 Å². The predicted octanol–water partition coefficient (Wildman–Crippen LogP) is 7.45. The summed E-state index contributed by atoms with van der Waals surface area (Å²) in [6.07, 6.45) is 5.14. The monoisotopic (exact) mass is 549 g/mol. The fourth-order valence-electron chi connectivity index (χ4n) is 3.89. The van der Waals surface area contributed by atoms with Gasteiger partial charge in [0.05, 0.1) is 24.7 Å². The zero-order chi connectivity index (χ0) is 28.3. The van der Waals surface area contributed by atoms with E-state index < -0.39 is 12.0 Å². The summed E-state index contributed by atoms with van der Waals surface area (Å²) in [5, 5.41) is 0.561. The summed E-state index contributed by atoms with van der Waals surface area (Å²) in [7, 11) is 0. The number of fused-ring (bicyclic) bond motifs is 1. The fraction of sp³-hybridized carbons (Fsp3) is 0.483. The molecule has 0 saturated heterocycles. The van der Waals surface area contributed by atoms with E-state index in [9.17, 15) is 22.8 Å². The number of aromatic nitrogens is 1. The van der Waals surface area contributed by atoms with Gasteiger partial charge in [-0.1, -0.05) is 64.5 Å². The summed E-state index contributed by atoms with van der Waals surface area (Å²) in [5.74, 6) is -0.240. The van der Waals surface area contributed by atoms with Crippen molar-refractivity contribution in [3.8, 4) is 22.8 Å². The summed E-state index contributed by atoms with van der Waals surface area (Å²) < 4.78 is 57.2. The Morgan fingerprint density at radius 1 is 0.923 bits per heavy atom. The maximum Gasteiger partial charge on any atom is 0.573 e. The minimum absolute atomic E-state index is 0.0767. The first-order valence-electron chi connectivity index (χ1n) is 13.2. The number of rotatable bonds is 15. The Morgan fingerprint density at radius 3 is 2.15 bits per heavy atom. The average molecular weight is 550 g/mol. The van der Waals surface area contributed by atoms with Gasteiger partial charge in [-0.25, -0.2) is 9.78 Å². The summed E-state index contributed by atoms with van der Waals surface area (Å²) in [6.45, 7) is 4.65. The number of halogens is 3. The lowest BCUT2D eigenvalue weighted by molar-refractivity contribution is -0.274. The molecule has 3 aromatic rings. The molecule has 3 rings (SSSR count). The number of benzene rings is 1. The van der Waals surface area contributed by atoms with Gasteiger partial charge >= 0.3 is 18.0 Å². The Morgan fingerprint density at radius 2 is 1.54 bits per heavy atom. The van der Waals surface area contributed by atoms with Crippen LogP contribution in [0.15, 0.2) is 51.8 Å². The number of alkyl halides is 3. The number of hydrogen-bond donors (Lipinski definition) is 0. The van der Waals surface area contributed by atoms with Crippen LogP contribution in [-0.4, -0.2) is 30.5 Å². The second-order valence-corrected chi connectivity index (χ2v) is 9.58. The summed E-state index contributed by atoms with van der Waals surface area (Å²) in [4.78, 5) is 28.2. The molecule has 39 heavy (non-hydrogen) atoms. The topological polar surface area (TPSA) is 87.9 Å². The second-order valence-electron chi connectivity index (χ2n) is 9.58. The van der Waals surface area contributed by atoms with E-state index in [-0.39, 0.29) is 23.2 Å². The van der Waals surface area contributed by atoms with Crippen molar-refractivity contribution < 1.29 is 36.6 Å². The van der Waals surface area contributed by atoms with Crippen LogP contribution < -0.4 is 15.1 Å². The number of carbonyl (C=O) groups is 1. The third-order valence-electron chi connectivity index (χ3n) is 6.00. The van der Waals surface area contributed by atoms with Gasteiger partial charge in [0.15, 0.2) is 0 Å². The molecule has 2 aromatic heterocycles. The van der Waals surface area contributed by atoms with Gasteiger partial charge in [-0.3, -0.25) is 4.79 Å². The van der Waals surface area contributed by atoms with Crippen LogP contribution in [0, 0.1) is 5.92 Å². The molecule has 0 unspecified atom stereocenters. The molecule has 0 fully saturated rings. The number of unbranched alkanes of at least 4 members (excludes halogenated alkanes) is 7. The third-order valence-corrected chi connectivity index (χ3v) is 6.00. The molecule has 0 amide bonds. The Kier molecular flexibility index (Phi) is 11.2. The number of ether oxygens (including phenoxy) is 3. The Bertz CT molecular complexity index is 1250. The van der Waals surface area contributed by atoms with Crippen molar-refractivity contribution in [1.29, 1.82) is 0 Å². The maximum absolute atomic E-state index is 12.5. The molecule has 0 bridgehead atoms. The minimum atomic E-state index is -4.79. The Hall–Kier alpha value is -3.56. The smallest absolute Gasteiger partial charge is 0.478 e. The van der Waals surface area contributed by atoms with Crippen LogP contribution in [0.5, 0.6) is 11.6 Å². The molecule has 0 aliphatic carbocycles. The molecule has 0 spiro atoms. The molecule has 7 nitrogen and oxygen atoms in total. The third kappa shape index (κ3) is 10.3. The van der Waals surface area contributed by atoms with Gasteiger partial charge in [0.1, 0.15) is 11.3 Å². The van der Waals surface area contributed by atoms with Gasteiger partial charge in [-0.05, 0) is 36.6 Å². The SMILES string of the molecule is CC(C)C(=O)OCCCCCCCCCCOc1cc2oc(=O)c(-c3ccc(OC(F)(F)F)cc3)cc2cn1. The van der Waals surface area contributed by atoms with E-state index in [0.717, 1.165) is 63.5 Å². The highest BCUT2D eigenvalue weighted by atomic mass is 19.4. The van der Waals surface area contributed by atoms with Crippen molar-refractivity contribution in [2.75, 3.05) is 13.2 Å². The van der Waals surface area contributed by atoms with E-state index in [2.05, 4.69) is 9.72 Å². The predicted molar refractivity (Wildman–Crippen MR) is 141 cm³/mol. The van der Waals surface area contributed by atoms with Crippen LogP contribution in [0.25, 0.3) is 22.1 Å². The lowest BCUT2D eigenvalue weighted by Gasteiger charge is -2.09. The molecule has 10 heteroatoms. The number of esters is 1. The molecule has 0 aliphatic rings. The maximum atomic E-state index is 12.5. The van der Waals surface area contributed by atoms with Crippen LogP contribution in [-0.2, 0) is 9.53 Å². The van der Waals surface area contributed by atoms with E-state index in [0.29, 0.717) is 35.6 Å². The van der Waals surface area contributed by atoms with Crippen LogP contribution >= 0.6 is 0 Å². The van der Waals surface area contributed by atoms with Crippen LogP contribution in [0.3, 0.4) is 0 Å². The minimum Gasteiger partial charge on any atom is -0.478 e. The van der Waals surface area contributed by atoms with Crippen molar-refractivity contribution in [1.82, 2.24) is 4.98 Å². The molecule has 0 aliphatic heterocycles. The number of nitrogens with zero attached hydrogens (tertiary/aromatic N) is 1. The first-order chi connectivity index (χ1) is 18.6. The first kappa shape index (κ1) is 30.0. The van der Waals surface area contributed by atoms with E-state index in [1.165, 1.54) is 18.3 Å². The van der Waals surface area contributed by atoms with E-state index in [4.69, 9.17) is 13.9 Å². The van der Waals surface area contributed by atoms with Crippen molar-refractivity contribution in [3.63, 3.8) is 0 Å². The average Bonchev–Trinajstić information content (AvgIpc) is 2.88. The van der Waals surface area contributed by atoms with Gasteiger partial charge in [0, 0.05) is 17.6 Å². The van der Waals surface area contributed by atoms with Gasteiger partial charge in [0.2, 0.25) is 5.88 Å². The quantitative estimate of drug-likeness (QED) is 0.144. The molecular formula is C29H34F3NO6. The number of carbonyl (C=O) groups excluding carboxylic acids is 1. The summed E-state index contributed by atoms with van der Waals surface area (Å²) in [5.41, 5.74) is 0.282. The summed E-state index contributed by atoms with van der Waals surface area (Å²) in [6, 6.07) is 8.12. The lowest BCUT2D eigenvalue weighted by Crippen LogP contribution is -2.17. The van der Waals surface area contributed by atoms with E-state index >= 15 is 0 Å². The van der Waals surface area contributed by atoms with Gasteiger partial charge in [-0.2, -0.15) is 0 Å². The highest BCUT2D eigenvalue weighted by Gasteiger charge is 2.31. The lowest BCUT2D eigenvalue weighted by atomic mass is 10.1. The molecule has 0 radical (unpaired) electrons. The Labute approximate surface area is 225 Å². The number of hydrogen-bond acceptors (Lipinski definition) is 7. The van der Waals surface area contributed by atoms with Crippen molar-refractivity contribution in [2.45, 2.75) is 71.6 Å². The summed E-state index contributed by atoms with van der Waals surface area (Å²) >= 11 is 0. The highest BCUT2D eigenvalue weighted by molar-refractivity contribution is 5.81. The standard InChI is InChI=1S/C29H34F3NO6/c1-20(2)27(34)37-16-10-8-6-4-3-5-7-9-15-36-26-18-25-22(19-33-26)17-24(28(35)38-25)21-11-13-23(14-12-21)39-29(30,31)32/h11-14,17-20H,3-10,15-16H2,1-2H3. The zero-order valence-corrected chi connectivity index (χ0v) is 22.2. The highest BCUT2D eigenvalue weighted by Crippen LogP contribution is 2.27. The normalized spacial score (nSPS) is 11.6. The molecule has 0 N–H and O–H groups in total. The van der Waals surface area contributed by atoms with Crippen LogP contribution in [0.1, 0.15) is 65.2 Å². The second kappa shape index (κ2) is 14.6. The number of pyridine rings is 1. The van der Waals surface area contributed by atoms with E-state index in [1.807, 2.05) is 13.8 Å². The van der Waals surface area contributed by atoms with Crippen molar-refractivity contribution in [3.05, 3.63) is 53.0 Å². The molecular weight excluding hydrogens is 515 g/mol. The molecule has 212 valence electrons. The van der Waals surface area contributed by atoms with E-state index in [1.54, 1.807) is 12.1 Å². The molecule has 0 atom stereocenters. The largest absolute Gasteiger partial charge is 0.573 e. The molecule has 1 aromatic carbocycles. The van der Waals surface area contributed by atoms with Gasteiger partial charge in [-0.15, -0.1) is 13.2 Å².